The second-order valence-corrected chi connectivity index (χ2v) is 3.60. The molecule has 0 spiro atoms. The molecule has 1 heterocycles. The average molecular weight is 203 g/mol. The Kier molecular flexibility index (Phi) is 3.22. The lowest BCUT2D eigenvalue weighted by molar-refractivity contribution is 0.363. The minimum absolute atomic E-state index is 0.261. The Hall–Kier alpha value is -1.51. The van der Waals surface area contributed by atoms with Crippen LogP contribution in [0.15, 0.2) is 35.4 Å². The smallest absolute Gasteiger partial charge is 0.109 e. The third-order valence-electron chi connectivity index (χ3n) is 2.52. The molecule has 0 amide bonds. The summed E-state index contributed by atoms with van der Waals surface area (Å²) in [7, 11) is 0. The van der Waals surface area contributed by atoms with Gasteiger partial charge in [0.05, 0.1) is 6.10 Å². The maximum Gasteiger partial charge on any atom is 0.109 e. The van der Waals surface area contributed by atoms with Crippen LogP contribution in [0.2, 0.25) is 0 Å². The fourth-order valence-electron chi connectivity index (χ4n) is 1.71. The maximum atomic E-state index is 8.10. The van der Waals surface area contributed by atoms with Gasteiger partial charge in [-0.1, -0.05) is 35.4 Å². The molecule has 1 aliphatic rings. The first-order valence-corrected chi connectivity index (χ1v) is 5.13. The fourth-order valence-corrected chi connectivity index (χ4v) is 1.71. The maximum absolute atomic E-state index is 8.10. The van der Waals surface area contributed by atoms with Crippen LogP contribution in [0.4, 0.5) is 0 Å². The van der Waals surface area contributed by atoms with Crippen molar-refractivity contribution in [3.63, 3.8) is 0 Å². The van der Waals surface area contributed by atoms with Gasteiger partial charge in [-0.05, 0) is 23.9 Å². The van der Waals surface area contributed by atoms with Crippen molar-refractivity contribution in [2.24, 2.45) is 5.11 Å². The minimum atomic E-state index is 0.261. The molecule has 0 bridgehead atoms. The van der Waals surface area contributed by atoms with Crippen molar-refractivity contribution in [3.8, 4) is 0 Å². The predicted octanol–water partition coefficient (Wildman–Crippen LogP) is 3.22. The molecule has 0 radical (unpaired) electrons. The van der Waals surface area contributed by atoms with Gasteiger partial charge in [0, 0.05) is 11.5 Å². The zero-order chi connectivity index (χ0) is 10.5. The highest BCUT2D eigenvalue weighted by Gasteiger charge is 2.38. The van der Waals surface area contributed by atoms with E-state index in [1.165, 1.54) is 5.56 Å². The highest BCUT2D eigenvalue weighted by molar-refractivity contribution is 5.22. The molecule has 4 heteroatoms. The Balaban J connectivity index is 1.74. The molecule has 15 heavy (non-hydrogen) atoms. The molecule has 4 nitrogen and oxygen atoms in total. The summed E-state index contributed by atoms with van der Waals surface area (Å²) < 4.78 is 5.55. The normalized spacial score (nSPS) is 23.2. The monoisotopic (exact) mass is 203 g/mol. The van der Waals surface area contributed by atoms with Crippen LogP contribution in [-0.2, 0) is 4.74 Å². The summed E-state index contributed by atoms with van der Waals surface area (Å²) >= 11 is 0. The second-order valence-electron chi connectivity index (χ2n) is 3.60. The van der Waals surface area contributed by atoms with Gasteiger partial charge < -0.3 is 4.74 Å². The molecule has 1 aromatic rings. The first-order chi connectivity index (χ1) is 7.42. The van der Waals surface area contributed by atoms with Crippen molar-refractivity contribution in [2.75, 3.05) is 6.54 Å². The Labute approximate surface area is 88.5 Å². The minimum Gasteiger partial charge on any atom is -0.365 e. The highest BCUT2D eigenvalue weighted by atomic mass is 16.6. The van der Waals surface area contributed by atoms with Crippen LogP contribution in [-0.4, -0.2) is 12.6 Å². The van der Waals surface area contributed by atoms with E-state index in [0.717, 1.165) is 12.8 Å². The van der Waals surface area contributed by atoms with E-state index < -0.39 is 0 Å². The van der Waals surface area contributed by atoms with Crippen LogP contribution in [0.5, 0.6) is 0 Å². The topological polar surface area (TPSA) is 61.3 Å². The van der Waals surface area contributed by atoms with Gasteiger partial charge >= 0.3 is 0 Å². The van der Waals surface area contributed by atoms with Crippen LogP contribution < -0.4 is 0 Å². The van der Waals surface area contributed by atoms with Crippen molar-refractivity contribution in [1.82, 2.24) is 0 Å². The molecule has 0 aliphatic carbocycles. The van der Waals surface area contributed by atoms with Crippen LogP contribution in [0.1, 0.15) is 24.5 Å². The second kappa shape index (κ2) is 4.82. The number of nitrogens with zero attached hydrogens (tertiary/aromatic N) is 3. The van der Waals surface area contributed by atoms with Crippen LogP contribution in [0.25, 0.3) is 10.4 Å². The van der Waals surface area contributed by atoms with Gasteiger partial charge in [0.25, 0.3) is 0 Å². The fraction of sp³-hybridized carbons (Fsp3) is 0.455. The van der Waals surface area contributed by atoms with Crippen LogP contribution in [0.3, 0.4) is 0 Å². The van der Waals surface area contributed by atoms with Gasteiger partial charge in [-0.2, -0.15) is 0 Å². The summed E-state index contributed by atoms with van der Waals surface area (Å²) in [5, 5.41) is 3.49. The Morgan fingerprint density at radius 2 is 2.13 bits per heavy atom. The average Bonchev–Trinajstić information content (AvgIpc) is 3.05. The Morgan fingerprint density at radius 3 is 2.87 bits per heavy atom. The molecule has 1 aliphatic heterocycles. The zero-order valence-electron chi connectivity index (χ0n) is 8.41. The number of epoxide rings is 1. The molecular formula is C11H13N3O. The molecule has 0 aromatic heterocycles. The van der Waals surface area contributed by atoms with E-state index in [1.54, 1.807) is 0 Å². The first kappa shape index (κ1) is 10.0. The van der Waals surface area contributed by atoms with E-state index in [0.29, 0.717) is 12.6 Å². The van der Waals surface area contributed by atoms with E-state index in [-0.39, 0.29) is 6.10 Å². The lowest BCUT2D eigenvalue weighted by Crippen LogP contribution is -1.90. The van der Waals surface area contributed by atoms with E-state index in [2.05, 4.69) is 22.2 Å². The molecule has 2 atom stereocenters. The number of ether oxygens (including phenoxy) is 1. The van der Waals surface area contributed by atoms with E-state index in [1.807, 2.05) is 18.2 Å². The molecule has 1 aromatic carbocycles. The van der Waals surface area contributed by atoms with Gasteiger partial charge in [-0.25, -0.2) is 0 Å². The molecule has 78 valence electrons. The highest BCUT2D eigenvalue weighted by Crippen LogP contribution is 2.41. The number of hydrogen-bond donors (Lipinski definition) is 0. The summed E-state index contributed by atoms with van der Waals surface area (Å²) in [6.45, 7) is 0.567. The van der Waals surface area contributed by atoms with Crippen molar-refractivity contribution in [2.45, 2.75) is 25.0 Å². The van der Waals surface area contributed by atoms with Gasteiger partial charge in [0.15, 0.2) is 0 Å². The Bertz CT molecular complexity index is 359. The summed E-state index contributed by atoms with van der Waals surface area (Å²) in [5.41, 5.74) is 9.35. The molecule has 0 saturated carbocycles. The SMILES string of the molecule is [N-]=[N+]=NCCC[C@H]1O[C@@H]1c1ccccc1. The lowest BCUT2D eigenvalue weighted by atomic mass is 10.1. The quantitative estimate of drug-likeness (QED) is 0.238. The van der Waals surface area contributed by atoms with E-state index in [4.69, 9.17) is 10.3 Å². The number of benzene rings is 1. The Morgan fingerprint density at radius 1 is 1.33 bits per heavy atom. The largest absolute Gasteiger partial charge is 0.365 e. The molecule has 1 saturated heterocycles. The van der Waals surface area contributed by atoms with E-state index in [9.17, 15) is 0 Å². The van der Waals surface area contributed by atoms with Gasteiger partial charge in [-0.3, -0.25) is 0 Å². The first-order valence-electron chi connectivity index (χ1n) is 5.13. The number of azide groups is 1. The van der Waals surface area contributed by atoms with Crippen molar-refractivity contribution in [1.29, 1.82) is 0 Å². The molecule has 0 unspecified atom stereocenters. The lowest BCUT2D eigenvalue weighted by Gasteiger charge is -1.94. The van der Waals surface area contributed by atoms with Gasteiger partial charge in [0.1, 0.15) is 6.10 Å². The number of hydrogen-bond acceptors (Lipinski definition) is 2. The third-order valence-corrected chi connectivity index (χ3v) is 2.52. The van der Waals surface area contributed by atoms with E-state index >= 15 is 0 Å². The van der Waals surface area contributed by atoms with Gasteiger partial charge in [0.2, 0.25) is 0 Å². The number of rotatable bonds is 5. The molecular weight excluding hydrogens is 190 g/mol. The summed E-state index contributed by atoms with van der Waals surface area (Å²) in [6.07, 6.45) is 2.45. The van der Waals surface area contributed by atoms with Crippen molar-refractivity contribution >= 4 is 0 Å². The standard InChI is InChI=1S/C11H13N3O/c12-14-13-8-4-7-10-11(15-10)9-5-2-1-3-6-9/h1-3,5-6,10-11H,4,7-8H2/t10-,11-/m1/s1. The van der Waals surface area contributed by atoms with Crippen molar-refractivity contribution in [3.05, 3.63) is 46.3 Å². The molecule has 1 fully saturated rings. The molecule has 2 rings (SSSR count). The van der Waals surface area contributed by atoms with Crippen molar-refractivity contribution < 1.29 is 4.74 Å². The van der Waals surface area contributed by atoms with Gasteiger partial charge in [-0.15, -0.1) is 0 Å². The summed E-state index contributed by atoms with van der Waals surface area (Å²) in [6, 6.07) is 10.2. The molecule has 0 N–H and O–H groups in total. The predicted molar refractivity (Wildman–Crippen MR) is 57.3 cm³/mol. The van der Waals surface area contributed by atoms with Crippen LogP contribution in [0, 0.1) is 0 Å². The zero-order valence-corrected chi connectivity index (χ0v) is 8.41. The summed E-state index contributed by atoms with van der Waals surface area (Å²) in [5.74, 6) is 0. The summed E-state index contributed by atoms with van der Waals surface area (Å²) in [4.78, 5) is 2.71. The third kappa shape index (κ3) is 2.72. The van der Waals surface area contributed by atoms with Crippen LogP contribution >= 0.6 is 0 Å².